The first kappa shape index (κ1) is 11.2. The monoisotopic (exact) mass is 255 g/mol. The van der Waals surface area contributed by atoms with Gasteiger partial charge in [0.2, 0.25) is 10.0 Å². The normalized spacial score (nSPS) is 11.6. The Morgan fingerprint density at radius 1 is 1.06 bits per heavy atom. The van der Waals surface area contributed by atoms with Gasteiger partial charge in [-0.1, -0.05) is 35.9 Å². The van der Waals surface area contributed by atoms with E-state index >= 15 is 0 Å². The van der Waals surface area contributed by atoms with Crippen molar-refractivity contribution in [1.82, 2.24) is 0 Å². The zero-order chi connectivity index (χ0) is 11.8. The van der Waals surface area contributed by atoms with Gasteiger partial charge in [0.15, 0.2) is 0 Å². The zero-order valence-electron chi connectivity index (χ0n) is 8.57. The molecule has 0 fully saturated rings. The molecule has 0 aliphatic rings. The molecule has 0 spiro atoms. The van der Waals surface area contributed by atoms with Crippen LogP contribution in [0.4, 0.5) is 5.69 Å². The minimum atomic E-state index is -3.27. The van der Waals surface area contributed by atoms with Crippen molar-refractivity contribution in [3.8, 4) is 0 Å². The first-order valence-electron chi connectivity index (χ1n) is 4.62. The average molecular weight is 256 g/mol. The Morgan fingerprint density at radius 2 is 1.69 bits per heavy atom. The number of anilines is 1. The minimum absolute atomic E-state index is 0.544. The smallest absolute Gasteiger partial charge is 0.229 e. The number of nitrogens with one attached hydrogen (secondary N) is 1. The number of hydrogen-bond donors (Lipinski definition) is 1. The van der Waals surface area contributed by atoms with Crippen molar-refractivity contribution in [3.63, 3.8) is 0 Å². The summed E-state index contributed by atoms with van der Waals surface area (Å²) in [7, 11) is -3.27. The molecule has 2 aromatic rings. The van der Waals surface area contributed by atoms with Crippen LogP contribution in [0, 0.1) is 0 Å². The van der Waals surface area contributed by atoms with Gasteiger partial charge in [0, 0.05) is 15.8 Å². The molecule has 0 atom stereocenters. The molecule has 0 saturated heterocycles. The van der Waals surface area contributed by atoms with E-state index in [0.29, 0.717) is 10.7 Å². The molecule has 0 amide bonds. The van der Waals surface area contributed by atoms with Gasteiger partial charge in [0.05, 0.1) is 11.9 Å². The molecule has 0 saturated carbocycles. The summed E-state index contributed by atoms with van der Waals surface area (Å²) in [4.78, 5) is 0. The summed E-state index contributed by atoms with van der Waals surface area (Å²) in [6, 6.07) is 10.7. The molecule has 0 unspecified atom stereocenters. The van der Waals surface area contributed by atoms with E-state index in [0.717, 1.165) is 17.0 Å². The summed E-state index contributed by atoms with van der Waals surface area (Å²) >= 11 is 6.02. The fourth-order valence-electron chi connectivity index (χ4n) is 1.55. The second-order valence-corrected chi connectivity index (χ2v) is 5.67. The van der Waals surface area contributed by atoms with Crippen LogP contribution in [-0.2, 0) is 10.0 Å². The van der Waals surface area contributed by atoms with Gasteiger partial charge >= 0.3 is 0 Å². The summed E-state index contributed by atoms with van der Waals surface area (Å²) in [6.07, 6.45) is 1.12. The predicted molar refractivity (Wildman–Crippen MR) is 67.4 cm³/mol. The summed E-state index contributed by atoms with van der Waals surface area (Å²) < 4.78 is 24.8. The van der Waals surface area contributed by atoms with Crippen molar-refractivity contribution in [2.45, 2.75) is 0 Å². The van der Waals surface area contributed by atoms with E-state index in [2.05, 4.69) is 4.72 Å². The first-order valence-corrected chi connectivity index (χ1v) is 6.89. The van der Waals surface area contributed by atoms with E-state index in [4.69, 9.17) is 11.6 Å². The molecule has 2 rings (SSSR count). The number of rotatable bonds is 2. The van der Waals surface area contributed by atoms with E-state index in [1.165, 1.54) is 0 Å². The number of sulfonamides is 1. The van der Waals surface area contributed by atoms with Crippen LogP contribution in [0.1, 0.15) is 0 Å². The highest BCUT2D eigenvalue weighted by atomic mass is 35.5. The lowest BCUT2D eigenvalue weighted by Gasteiger charge is -2.08. The van der Waals surface area contributed by atoms with Crippen LogP contribution in [0.25, 0.3) is 10.8 Å². The van der Waals surface area contributed by atoms with Gasteiger partial charge in [-0.05, 0) is 12.1 Å². The fourth-order valence-corrected chi connectivity index (χ4v) is 2.36. The first-order chi connectivity index (χ1) is 7.47. The molecule has 0 bridgehead atoms. The second kappa shape index (κ2) is 3.96. The number of halogens is 1. The topological polar surface area (TPSA) is 46.2 Å². The SMILES string of the molecule is CS(=O)(=O)Nc1ccc(Cl)c2ccccc12. The Balaban J connectivity index is 2.68. The highest BCUT2D eigenvalue weighted by Crippen LogP contribution is 2.29. The number of hydrogen-bond acceptors (Lipinski definition) is 2. The highest BCUT2D eigenvalue weighted by Gasteiger charge is 2.07. The van der Waals surface area contributed by atoms with Crippen LogP contribution >= 0.6 is 11.6 Å². The van der Waals surface area contributed by atoms with Crippen molar-refractivity contribution in [2.24, 2.45) is 0 Å². The summed E-state index contributed by atoms with van der Waals surface area (Å²) in [6.45, 7) is 0. The summed E-state index contributed by atoms with van der Waals surface area (Å²) in [5.41, 5.74) is 0.544. The molecule has 1 N–H and O–H groups in total. The lowest BCUT2D eigenvalue weighted by atomic mass is 10.1. The Hall–Kier alpha value is -1.26. The minimum Gasteiger partial charge on any atom is -0.283 e. The maximum Gasteiger partial charge on any atom is 0.229 e. The summed E-state index contributed by atoms with van der Waals surface area (Å²) in [5, 5.41) is 2.23. The third-order valence-corrected chi connectivity index (χ3v) is 3.09. The fraction of sp³-hybridized carbons (Fsp3) is 0.0909. The third kappa shape index (κ3) is 2.28. The molecular formula is C11H10ClNO2S. The van der Waals surface area contributed by atoms with Gasteiger partial charge in [-0.3, -0.25) is 4.72 Å². The average Bonchev–Trinajstić information content (AvgIpc) is 2.21. The van der Waals surface area contributed by atoms with Crippen molar-refractivity contribution < 1.29 is 8.42 Å². The van der Waals surface area contributed by atoms with Crippen LogP contribution < -0.4 is 4.72 Å². The van der Waals surface area contributed by atoms with E-state index in [-0.39, 0.29) is 0 Å². The lowest BCUT2D eigenvalue weighted by Crippen LogP contribution is -2.09. The van der Waals surface area contributed by atoms with Crippen molar-refractivity contribution in [2.75, 3.05) is 11.0 Å². The Labute approximate surface area is 99.1 Å². The van der Waals surface area contributed by atoms with Gasteiger partial charge in [-0.15, -0.1) is 0 Å². The standard InChI is InChI=1S/C11H10ClNO2S/c1-16(14,15)13-11-7-6-10(12)8-4-2-3-5-9(8)11/h2-7,13H,1H3. The number of benzene rings is 2. The number of fused-ring (bicyclic) bond motifs is 1. The highest BCUT2D eigenvalue weighted by molar-refractivity contribution is 7.92. The van der Waals surface area contributed by atoms with Gasteiger partial charge in [-0.2, -0.15) is 0 Å². The maximum atomic E-state index is 11.2. The van der Waals surface area contributed by atoms with Crippen LogP contribution in [0.15, 0.2) is 36.4 Å². The Kier molecular flexibility index (Phi) is 2.78. The predicted octanol–water partition coefficient (Wildman–Crippen LogP) is 2.86. The molecule has 0 aromatic heterocycles. The molecule has 2 aromatic carbocycles. The molecule has 84 valence electrons. The molecule has 0 radical (unpaired) electrons. The van der Waals surface area contributed by atoms with E-state index < -0.39 is 10.0 Å². The van der Waals surface area contributed by atoms with E-state index in [9.17, 15) is 8.42 Å². The molecule has 5 heteroatoms. The quantitative estimate of drug-likeness (QED) is 0.897. The van der Waals surface area contributed by atoms with Gasteiger partial charge in [-0.25, -0.2) is 8.42 Å². The van der Waals surface area contributed by atoms with Crippen LogP contribution in [0.5, 0.6) is 0 Å². The zero-order valence-corrected chi connectivity index (χ0v) is 10.1. The largest absolute Gasteiger partial charge is 0.283 e. The molecule has 0 aliphatic carbocycles. The van der Waals surface area contributed by atoms with Crippen molar-refractivity contribution in [1.29, 1.82) is 0 Å². The molecule has 0 heterocycles. The van der Waals surface area contributed by atoms with Gasteiger partial charge < -0.3 is 0 Å². The van der Waals surface area contributed by atoms with Crippen LogP contribution in [0.2, 0.25) is 5.02 Å². The van der Waals surface area contributed by atoms with Crippen LogP contribution in [0.3, 0.4) is 0 Å². The lowest BCUT2D eigenvalue weighted by molar-refractivity contribution is 0.607. The maximum absolute atomic E-state index is 11.2. The molecule has 16 heavy (non-hydrogen) atoms. The van der Waals surface area contributed by atoms with Crippen molar-refractivity contribution in [3.05, 3.63) is 41.4 Å². The molecular weight excluding hydrogens is 246 g/mol. The molecule has 0 aliphatic heterocycles. The third-order valence-electron chi connectivity index (χ3n) is 2.17. The van der Waals surface area contributed by atoms with Gasteiger partial charge in [0.25, 0.3) is 0 Å². The van der Waals surface area contributed by atoms with Gasteiger partial charge in [0.1, 0.15) is 0 Å². The summed E-state index contributed by atoms with van der Waals surface area (Å²) in [5.74, 6) is 0. The second-order valence-electron chi connectivity index (χ2n) is 3.51. The Bertz CT molecular complexity index is 637. The van der Waals surface area contributed by atoms with E-state index in [1.807, 2.05) is 24.3 Å². The Morgan fingerprint density at radius 3 is 2.31 bits per heavy atom. The molecule has 3 nitrogen and oxygen atoms in total. The van der Waals surface area contributed by atoms with E-state index in [1.54, 1.807) is 12.1 Å². The van der Waals surface area contributed by atoms with Crippen LogP contribution in [-0.4, -0.2) is 14.7 Å². The van der Waals surface area contributed by atoms with Crippen molar-refractivity contribution >= 4 is 38.1 Å².